The second kappa shape index (κ2) is 52.7. The van der Waals surface area contributed by atoms with E-state index in [0.717, 1.165) is 70.6 Å². The van der Waals surface area contributed by atoms with Crippen molar-refractivity contribution < 1.29 is 24.5 Å². The number of ether oxygens (including phenoxy) is 1. The molecular formula is C57H107NO5. The molecule has 0 spiro atoms. The smallest absolute Gasteiger partial charge is 0.305 e. The van der Waals surface area contributed by atoms with Crippen molar-refractivity contribution in [3.05, 3.63) is 36.5 Å². The van der Waals surface area contributed by atoms with Gasteiger partial charge in [0.05, 0.1) is 25.4 Å². The molecule has 0 fully saturated rings. The van der Waals surface area contributed by atoms with Crippen molar-refractivity contribution in [2.24, 2.45) is 0 Å². The number of allylic oxidation sites excluding steroid dienone is 5. The van der Waals surface area contributed by atoms with E-state index in [1.165, 1.54) is 193 Å². The van der Waals surface area contributed by atoms with Crippen LogP contribution in [-0.4, -0.2) is 47.4 Å². The van der Waals surface area contributed by atoms with Gasteiger partial charge in [-0.3, -0.25) is 9.59 Å². The van der Waals surface area contributed by atoms with Crippen LogP contribution < -0.4 is 5.32 Å². The van der Waals surface area contributed by atoms with Crippen LogP contribution in [0.25, 0.3) is 0 Å². The third kappa shape index (κ3) is 49.4. The molecule has 0 saturated carbocycles. The third-order valence-corrected chi connectivity index (χ3v) is 12.6. The molecule has 6 nitrogen and oxygen atoms in total. The van der Waals surface area contributed by atoms with Crippen molar-refractivity contribution >= 4 is 11.9 Å². The van der Waals surface area contributed by atoms with Crippen LogP contribution in [0.15, 0.2) is 36.5 Å². The zero-order valence-electron chi connectivity index (χ0n) is 42.1. The monoisotopic (exact) mass is 886 g/mol. The fourth-order valence-electron chi connectivity index (χ4n) is 8.34. The normalized spacial score (nSPS) is 12.9. The molecule has 370 valence electrons. The largest absolute Gasteiger partial charge is 0.466 e. The Morgan fingerprint density at radius 1 is 0.429 bits per heavy atom. The minimum Gasteiger partial charge on any atom is -0.466 e. The maximum Gasteiger partial charge on any atom is 0.305 e. The first-order valence-corrected chi connectivity index (χ1v) is 27.8. The van der Waals surface area contributed by atoms with Gasteiger partial charge in [-0.2, -0.15) is 0 Å². The fraction of sp³-hybridized carbons (Fsp3) is 0.860. The van der Waals surface area contributed by atoms with Gasteiger partial charge in [0.1, 0.15) is 0 Å². The number of rotatable bonds is 51. The summed E-state index contributed by atoms with van der Waals surface area (Å²) in [6.07, 6.45) is 64.5. The number of carbonyl (C=O) groups excluding carboxylic acids is 2. The van der Waals surface area contributed by atoms with E-state index in [2.05, 4.69) is 43.5 Å². The van der Waals surface area contributed by atoms with Crippen molar-refractivity contribution in [2.75, 3.05) is 13.2 Å². The van der Waals surface area contributed by atoms with E-state index in [0.29, 0.717) is 19.4 Å². The molecule has 3 N–H and O–H groups in total. The molecule has 6 heteroatoms. The lowest BCUT2D eigenvalue weighted by molar-refractivity contribution is -0.143. The minimum atomic E-state index is -0.877. The summed E-state index contributed by atoms with van der Waals surface area (Å²) in [5, 5.41) is 23.1. The Bertz CT molecular complexity index is 1020. The van der Waals surface area contributed by atoms with E-state index in [-0.39, 0.29) is 18.5 Å². The average molecular weight is 886 g/mol. The lowest BCUT2D eigenvalue weighted by Crippen LogP contribution is -2.45. The molecule has 1 amide bonds. The molecular weight excluding hydrogens is 779 g/mol. The summed E-state index contributed by atoms with van der Waals surface area (Å²) in [7, 11) is 0. The number of amides is 1. The lowest BCUT2D eigenvalue weighted by Gasteiger charge is -2.19. The molecule has 0 aromatic heterocycles. The Balaban J connectivity index is 3.57. The van der Waals surface area contributed by atoms with E-state index in [1.54, 1.807) is 6.08 Å². The highest BCUT2D eigenvalue weighted by Crippen LogP contribution is 2.16. The van der Waals surface area contributed by atoms with Crippen LogP contribution in [0.3, 0.4) is 0 Å². The predicted octanol–water partition coefficient (Wildman–Crippen LogP) is 16.9. The second-order valence-corrected chi connectivity index (χ2v) is 18.9. The van der Waals surface area contributed by atoms with Crippen LogP contribution in [0.2, 0.25) is 0 Å². The quantitative estimate of drug-likeness (QED) is 0.0321. The molecule has 2 atom stereocenters. The molecule has 63 heavy (non-hydrogen) atoms. The standard InChI is InChI=1S/C57H107NO5/c1-3-5-7-9-11-13-15-17-19-20-21-22-23-24-25-27-28-30-33-37-41-45-49-55(60)54(53-59)58-56(61)50-46-42-38-34-32-36-40-44-48-52-63-57(62)51-47-43-39-35-31-29-26-18-16-14-12-10-8-6-4-2/h18,26,34,38,45,49,54-55,59-60H,3-17,19-25,27-33,35-37,39-44,46-48,50-53H2,1-2H3,(H,58,61)/b26-18-,38-34-,49-45+. The average Bonchev–Trinajstić information content (AvgIpc) is 3.28. The number of nitrogens with one attached hydrogen (secondary N) is 1. The summed E-state index contributed by atoms with van der Waals surface area (Å²) in [6.45, 7) is 4.81. The first-order valence-electron chi connectivity index (χ1n) is 27.8. The van der Waals surface area contributed by atoms with Crippen molar-refractivity contribution in [1.29, 1.82) is 0 Å². The SMILES string of the molecule is CCCCCCCC/C=C\CCCCCCCC(=O)OCCCCCC/C=C\CCCC(=O)NC(CO)C(O)/C=C/CCCCCCCCCCCCCCCCCCCCCC. The number of unbranched alkanes of at least 4 members (excludes halogenated alkanes) is 36. The van der Waals surface area contributed by atoms with Gasteiger partial charge in [0, 0.05) is 12.8 Å². The van der Waals surface area contributed by atoms with Crippen LogP contribution >= 0.6 is 0 Å². The van der Waals surface area contributed by atoms with Crippen molar-refractivity contribution in [1.82, 2.24) is 5.32 Å². The van der Waals surface area contributed by atoms with Gasteiger partial charge in [-0.25, -0.2) is 0 Å². The van der Waals surface area contributed by atoms with Gasteiger partial charge in [0.2, 0.25) is 5.91 Å². The van der Waals surface area contributed by atoms with Crippen LogP contribution in [0.5, 0.6) is 0 Å². The third-order valence-electron chi connectivity index (χ3n) is 12.6. The molecule has 0 radical (unpaired) electrons. The molecule has 0 aromatic carbocycles. The van der Waals surface area contributed by atoms with E-state index in [4.69, 9.17) is 4.74 Å². The molecule has 0 aliphatic heterocycles. The Kier molecular flexibility index (Phi) is 51.1. The topological polar surface area (TPSA) is 95.9 Å². The zero-order valence-corrected chi connectivity index (χ0v) is 42.1. The summed E-state index contributed by atoms with van der Waals surface area (Å²) < 4.78 is 5.44. The maximum atomic E-state index is 12.4. The van der Waals surface area contributed by atoms with Gasteiger partial charge in [-0.05, 0) is 77.0 Å². The van der Waals surface area contributed by atoms with Gasteiger partial charge in [-0.15, -0.1) is 0 Å². The van der Waals surface area contributed by atoms with Crippen LogP contribution in [0.1, 0.15) is 290 Å². The van der Waals surface area contributed by atoms with E-state index >= 15 is 0 Å². The molecule has 0 rings (SSSR count). The van der Waals surface area contributed by atoms with Gasteiger partial charge in [0.15, 0.2) is 0 Å². The Morgan fingerprint density at radius 2 is 0.762 bits per heavy atom. The first kappa shape index (κ1) is 61.1. The summed E-state index contributed by atoms with van der Waals surface area (Å²) in [6, 6.07) is -0.667. The van der Waals surface area contributed by atoms with Crippen molar-refractivity contribution in [2.45, 2.75) is 302 Å². The Labute approximate surface area is 392 Å². The molecule has 0 aliphatic rings. The summed E-state index contributed by atoms with van der Waals surface area (Å²) in [5.74, 6) is -0.173. The van der Waals surface area contributed by atoms with Crippen molar-refractivity contribution in [3.63, 3.8) is 0 Å². The molecule has 0 saturated heterocycles. The highest BCUT2D eigenvalue weighted by atomic mass is 16.5. The molecule has 2 unspecified atom stereocenters. The van der Waals surface area contributed by atoms with E-state index in [9.17, 15) is 19.8 Å². The Hall–Kier alpha value is -1.92. The molecule has 0 aromatic rings. The van der Waals surface area contributed by atoms with Gasteiger partial charge in [0.25, 0.3) is 0 Å². The first-order chi connectivity index (χ1) is 31.0. The number of hydrogen-bond acceptors (Lipinski definition) is 5. The lowest BCUT2D eigenvalue weighted by atomic mass is 10.0. The molecule has 0 aliphatic carbocycles. The number of aliphatic hydroxyl groups excluding tert-OH is 2. The fourth-order valence-corrected chi connectivity index (χ4v) is 8.34. The predicted molar refractivity (Wildman–Crippen MR) is 273 cm³/mol. The number of hydrogen-bond donors (Lipinski definition) is 3. The summed E-state index contributed by atoms with van der Waals surface area (Å²) >= 11 is 0. The van der Waals surface area contributed by atoms with E-state index < -0.39 is 12.1 Å². The maximum absolute atomic E-state index is 12.4. The number of carbonyl (C=O) groups is 2. The highest BCUT2D eigenvalue weighted by Gasteiger charge is 2.18. The van der Waals surface area contributed by atoms with Crippen molar-refractivity contribution in [3.8, 4) is 0 Å². The summed E-state index contributed by atoms with van der Waals surface area (Å²) in [4.78, 5) is 24.5. The second-order valence-electron chi connectivity index (χ2n) is 18.9. The minimum absolute atomic E-state index is 0.0458. The Morgan fingerprint density at radius 3 is 1.16 bits per heavy atom. The van der Waals surface area contributed by atoms with Crippen LogP contribution in [0, 0.1) is 0 Å². The molecule has 0 bridgehead atoms. The number of aliphatic hydroxyl groups is 2. The zero-order chi connectivity index (χ0) is 45.8. The summed E-state index contributed by atoms with van der Waals surface area (Å²) in [5.41, 5.74) is 0. The van der Waals surface area contributed by atoms with Gasteiger partial charge < -0.3 is 20.3 Å². The van der Waals surface area contributed by atoms with E-state index in [1.807, 2.05) is 6.08 Å². The van der Waals surface area contributed by atoms with Gasteiger partial charge >= 0.3 is 5.97 Å². The van der Waals surface area contributed by atoms with Crippen LogP contribution in [0.4, 0.5) is 0 Å². The van der Waals surface area contributed by atoms with Gasteiger partial charge in [-0.1, -0.05) is 237 Å². The number of esters is 1. The molecule has 0 heterocycles. The highest BCUT2D eigenvalue weighted by molar-refractivity contribution is 5.76. The van der Waals surface area contributed by atoms with Crippen LogP contribution in [-0.2, 0) is 14.3 Å².